The molecule has 3 amide bonds. The molecular weight excluding hydrogens is 272 g/mol. The van der Waals surface area contributed by atoms with Crippen molar-refractivity contribution in [1.82, 2.24) is 10.6 Å². The Morgan fingerprint density at radius 1 is 1.19 bits per heavy atom. The van der Waals surface area contributed by atoms with Crippen molar-refractivity contribution in [3.05, 3.63) is 0 Å². The number of amides is 3. The van der Waals surface area contributed by atoms with E-state index in [9.17, 15) is 14.4 Å². The van der Waals surface area contributed by atoms with Gasteiger partial charge in [-0.3, -0.25) is 14.4 Å². The molecule has 0 fully saturated rings. The monoisotopic (exact) mass is 296 g/mol. The Morgan fingerprint density at radius 3 is 2.14 bits per heavy atom. The molecule has 4 N–H and O–H groups in total. The molecule has 21 heavy (non-hydrogen) atoms. The van der Waals surface area contributed by atoms with Crippen LogP contribution in [0.4, 0.5) is 0 Å². The van der Waals surface area contributed by atoms with Crippen LogP contribution < -0.4 is 16.4 Å². The Labute approximate surface area is 125 Å². The van der Waals surface area contributed by atoms with E-state index >= 15 is 0 Å². The Kier molecular flexibility index (Phi) is 8.06. The number of hydrogen-bond acceptors (Lipinski definition) is 4. The van der Waals surface area contributed by atoms with Crippen molar-refractivity contribution in [2.45, 2.75) is 52.6 Å². The quantitative estimate of drug-likeness (QED) is 0.585. The van der Waals surface area contributed by atoms with Crippen LogP contribution in [0.3, 0.4) is 0 Å². The molecule has 0 aromatic rings. The summed E-state index contributed by atoms with van der Waals surface area (Å²) in [4.78, 5) is 34.8. The van der Waals surface area contributed by atoms with Gasteiger partial charge in [-0.2, -0.15) is 5.26 Å². The summed E-state index contributed by atoms with van der Waals surface area (Å²) in [6.07, 6.45) is 0.548. The smallest absolute Gasteiger partial charge is 0.243 e. The fraction of sp³-hybridized carbons (Fsp3) is 0.714. The van der Waals surface area contributed by atoms with E-state index in [0.717, 1.165) is 0 Å². The second-order valence-electron chi connectivity index (χ2n) is 5.61. The first-order chi connectivity index (χ1) is 9.68. The second kappa shape index (κ2) is 8.95. The average Bonchev–Trinajstić information content (AvgIpc) is 2.33. The highest BCUT2D eigenvalue weighted by Crippen LogP contribution is 2.10. The summed E-state index contributed by atoms with van der Waals surface area (Å²) in [5.74, 6) is -1.69. The average molecular weight is 296 g/mol. The lowest BCUT2D eigenvalue weighted by atomic mass is 9.97. The Morgan fingerprint density at radius 2 is 1.76 bits per heavy atom. The lowest BCUT2D eigenvalue weighted by Gasteiger charge is -2.25. The number of carbonyl (C=O) groups is 3. The number of primary amides is 1. The minimum atomic E-state index is -0.930. The maximum Gasteiger partial charge on any atom is 0.243 e. The van der Waals surface area contributed by atoms with Crippen molar-refractivity contribution in [2.24, 2.45) is 17.6 Å². The van der Waals surface area contributed by atoms with E-state index in [2.05, 4.69) is 10.6 Å². The van der Waals surface area contributed by atoms with E-state index < -0.39 is 29.8 Å². The van der Waals surface area contributed by atoms with Gasteiger partial charge in [-0.25, -0.2) is 0 Å². The molecule has 0 aliphatic heterocycles. The van der Waals surface area contributed by atoms with Gasteiger partial charge in [-0.15, -0.1) is 0 Å². The van der Waals surface area contributed by atoms with Crippen molar-refractivity contribution in [2.75, 3.05) is 0 Å². The molecule has 0 rings (SSSR count). The molecule has 0 saturated heterocycles. The number of rotatable bonds is 8. The normalized spacial score (nSPS) is 14.7. The molecule has 0 unspecified atom stereocenters. The zero-order valence-electron chi connectivity index (χ0n) is 13.0. The third kappa shape index (κ3) is 7.30. The molecular formula is C14H24N4O3. The summed E-state index contributed by atoms with van der Waals surface area (Å²) >= 11 is 0. The van der Waals surface area contributed by atoms with Crippen LogP contribution in [0.2, 0.25) is 0 Å². The fourth-order valence-corrected chi connectivity index (χ4v) is 1.96. The van der Waals surface area contributed by atoms with Crippen molar-refractivity contribution < 1.29 is 14.4 Å². The van der Waals surface area contributed by atoms with Crippen molar-refractivity contribution in [3.8, 4) is 6.07 Å². The zero-order valence-corrected chi connectivity index (χ0v) is 13.0. The number of carbonyl (C=O) groups excluding carboxylic acids is 3. The summed E-state index contributed by atoms with van der Waals surface area (Å²) in [5, 5.41) is 13.8. The van der Waals surface area contributed by atoms with Gasteiger partial charge >= 0.3 is 0 Å². The minimum absolute atomic E-state index is 0.100. The Bertz CT molecular complexity index is 428. The van der Waals surface area contributed by atoms with E-state index in [0.29, 0.717) is 6.42 Å². The van der Waals surface area contributed by atoms with Crippen LogP contribution in [0.5, 0.6) is 0 Å². The summed E-state index contributed by atoms with van der Waals surface area (Å²) in [6.45, 7) is 6.83. The molecule has 0 aliphatic carbocycles. The van der Waals surface area contributed by atoms with E-state index in [-0.39, 0.29) is 18.2 Å². The SMILES string of the molecule is CC(=O)N[C@@H](CC(C)C)C(=O)N[C@H](C(N)=O)[C@@H](C)CC#N. The second-order valence-corrected chi connectivity index (χ2v) is 5.61. The molecule has 0 aromatic heterocycles. The largest absolute Gasteiger partial charge is 0.368 e. The molecule has 0 radical (unpaired) electrons. The maximum atomic E-state index is 12.2. The molecule has 7 heteroatoms. The standard InChI is InChI=1S/C14H24N4O3/c1-8(2)7-11(17-10(4)19)14(21)18-12(13(16)20)9(3)5-6-15/h8-9,11-12H,5,7H2,1-4H3,(H2,16,20)(H,17,19)(H,18,21)/t9-,11-,12-/m0/s1. The van der Waals surface area contributed by atoms with Gasteiger partial charge in [0.05, 0.1) is 6.07 Å². The van der Waals surface area contributed by atoms with Crippen molar-refractivity contribution in [1.29, 1.82) is 5.26 Å². The van der Waals surface area contributed by atoms with Gasteiger partial charge < -0.3 is 16.4 Å². The van der Waals surface area contributed by atoms with Gasteiger partial charge in [0, 0.05) is 13.3 Å². The van der Waals surface area contributed by atoms with Crippen LogP contribution in [0.25, 0.3) is 0 Å². The van der Waals surface area contributed by atoms with Crippen molar-refractivity contribution in [3.63, 3.8) is 0 Å². The number of nitriles is 1. The molecule has 118 valence electrons. The van der Waals surface area contributed by atoms with Gasteiger partial charge in [0.25, 0.3) is 0 Å². The van der Waals surface area contributed by atoms with Crippen LogP contribution in [-0.4, -0.2) is 29.8 Å². The fourth-order valence-electron chi connectivity index (χ4n) is 1.96. The van der Waals surface area contributed by atoms with Gasteiger partial charge in [0.15, 0.2) is 0 Å². The first-order valence-electron chi connectivity index (χ1n) is 6.92. The molecule has 3 atom stereocenters. The molecule has 0 aliphatic rings. The summed E-state index contributed by atoms with van der Waals surface area (Å²) in [7, 11) is 0. The van der Waals surface area contributed by atoms with E-state index in [1.165, 1.54) is 6.92 Å². The van der Waals surface area contributed by atoms with Gasteiger partial charge in [0.2, 0.25) is 17.7 Å². The van der Waals surface area contributed by atoms with Crippen LogP contribution in [0.1, 0.15) is 40.5 Å². The highest BCUT2D eigenvalue weighted by Gasteiger charge is 2.28. The van der Waals surface area contributed by atoms with Gasteiger partial charge in [-0.05, 0) is 18.3 Å². The first kappa shape index (κ1) is 18.9. The van der Waals surface area contributed by atoms with Crippen molar-refractivity contribution >= 4 is 17.7 Å². The van der Waals surface area contributed by atoms with Gasteiger partial charge in [0.1, 0.15) is 12.1 Å². The predicted molar refractivity (Wildman–Crippen MR) is 77.6 cm³/mol. The number of nitrogens with one attached hydrogen (secondary N) is 2. The third-order valence-electron chi connectivity index (χ3n) is 2.99. The van der Waals surface area contributed by atoms with Crippen LogP contribution in [-0.2, 0) is 14.4 Å². The third-order valence-corrected chi connectivity index (χ3v) is 2.99. The zero-order chi connectivity index (χ0) is 16.6. The molecule has 0 heterocycles. The molecule has 0 spiro atoms. The molecule has 7 nitrogen and oxygen atoms in total. The van der Waals surface area contributed by atoms with E-state index in [1.54, 1.807) is 6.92 Å². The number of nitrogens with zero attached hydrogens (tertiary/aromatic N) is 1. The van der Waals surface area contributed by atoms with E-state index in [1.807, 2.05) is 19.9 Å². The summed E-state index contributed by atoms with van der Waals surface area (Å²) in [6, 6.07) is 0.287. The topological polar surface area (TPSA) is 125 Å². The van der Waals surface area contributed by atoms with Crippen LogP contribution >= 0.6 is 0 Å². The predicted octanol–water partition coefficient (Wildman–Crippen LogP) is 0.0571. The highest BCUT2D eigenvalue weighted by atomic mass is 16.2. The molecule has 0 aromatic carbocycles. The Balaban J connectivity index is 4.94. The summed E-state index contributed by atoms with van der Waals surface area (Å²) < 4.78 is 0. The van der Waals surface area contributed by atoms with Crippen LogP contribution in [0, 0.1) is 23.2 Å². The molecule has 0 saturated carbocycles. The lowest BCUT2D eigenvalue weighted by Crippen LogP contribution is -2.55. The number of hydrogen-bond donors (Lipinski definition) is 3. The summed E-state index contributed by atoms with van der Waals surface area (Å²) in [5.41, 5.74) is 5.27. The molecule has 0 bridgehead atoms. The first-order valence-corrected chi connectivity index (χ1v) is 6.92. The minimum Gasteiger partial charge on any atom is -0.368 e. The maximum absolute atomic E-state index is 12.2. The highest BCUT2D eigenvalue weighted by molar-refractivity contribution is 5.91. The Hall–Kier alpha value is -2.10. The van der Waals surface area contributed by atoms with E-state index in [4.69, 9.17) is 11.0 Å². The number of nitrogens with two attached hydrogens (primary N) is 1. The lowest BCUT2D eigenvalue weighted by molar-refractivity contribution is -0.131. The van der Waals surface area contributed by atoms with Crippen LogP contribution in [0.15, 0.2) is 0 Å². The van der Waals surface area contributed by atoms with Gasteiger partial charge in [-0.1, -0.05) is 20.8 Å².